The monoisotopic (exact) mass is 276 g/mol. The van der Waals surface area contributed by atoms with E-state index in [1.165, 1.54) is 5.56 Å². The first kappa shape index (κ1) is 14.9. The van der Waals surface area contributed by atoms with Crippen LogP contribution in [0.4, 0.5) is 0 Å². The molecule has 0 aliphatic carbocycles. The molecule has 0 saturated carbocycles. The molecule has 0 fully saturated rings. The molecule has 1 aliphatic heterocycles. The first-order valence-corrected chi connectivity index (χ1v) is 7.27. The Morgan fingerprint density at radius 1 is 1.50 bits per heavy atom. The molecule has 0 radical (unpaired) electrons. The molecule has 0 saturated heterocycles. The van der Waals surface area contributed by atoms with Gasteiger partial charge in [-0.3, -0.25) is 4.79 Å². The second-order valence-electron chi connectivity index (χ2n) is 5.53. The molecule has 20 heavy (non-hydrogen) atoms. The van der Waals surface area contributed by atoms with E-state index in [2.05, 4.69) is 25.2 Å². The van der Waals surface area contributed by atoms with Crippen molar-refractivity contribution in [3.63, 3.8) is 0 Å². The predicted molar refractivity (Wildman–Crippen MR) is 79.8 cm³/mol. The summed E-state index contributed by atoms with van der Waals surface area (Å²) in [6.45, 7) is 8.62. The van der Waals surface area contributed by atoms with E-state index in [1.54, 1.807) is 0 Å². The molecule has 0 bridgehead atoms. The van der Waals surface area contributed by atoms with Crippen molar-refractivity contribution in [3.05, 3.63) is 28.3 Å². The maximum absolute atomic E-state index is 11.7. The molecule has 110 valence electrons. The Hall–Kier alpha value is -1.55. The number of nitrogens with two attached hydrogens (primary N) is 1. The van der Waals surface area contributed by atoms with Gasteiger partial charge in [-0.05, 0) is 43.5 Å². The molecular weight excluding hydrogens is 252 g/mol. The van der Waals surface area contributed by atoms with Crippen LogP contribution in [0, 0.1) is 13.8 Å². The second kappa shape index (κ2) is 5.83. The Kier molecular flexibility index (Phi) is 4.33. The van der Waals surface area contributed by atoms with Crippen LogP contribution in [-0.2, 0) is 4.79 Å². The van der Waals surface area contributed by atoms with Gasteiger partial charge < -0.3 is 15.8 Å². The maximum atomic E-state index is 11.7. The van der Waals surface area contributed by atoms with Gasteiger partial charge in [-0.25, -0.2) is 0 Å². The lowest BCUT2D eigenvalue weighted by molar-refractivity contribution is -0.121. The quantitative estimate of drug-likeness (QED) is 0.892. The van der Waals surface area contributed by atoms with Crippen LogP contribution in [0.5, 0.6) is 5.75 Å². The van der Waals surface area contributed by atoms with Crippen LogP contribution in [0.25, 0.3) is 0 Å². The van der Waals surface area contributed by atoms with E-state index in [-0.39, 0.29) is 18.0 Å². The molecule has 2 atom stereocenters. The third-order valence-corrected chi connectivity index (χ3v) is 4.08. The zero-order valence-corrected chi connectivity index (χ0v) is 12.7. The fraction of sp³-hybridized carbons (Fsp3) is 0.562. The molecule has 1 aliphatic rings. The molecule has 0 aromatic heterocycles. The third kappa shape index (κ3) is 2.66. The predicted octanol–water partition coefficient (Wildman–Crippen LogP) is 2.67. The van der Waals surface area contributed by atoms with Crippen molar-refractivity contribution in [1.29, 1.82) is 0 Å². The van der Waals surface area contributed by atoms with E-state index >= 15 is 0 Å². The van der Waals surface area contributed by atoms with Crippen molar-refractivity contribution in [1.82, 2.24) is 5.32 Å². The molecular formula is C16H24N2O2. The number of amides is 1. The minimum atomic E-state index is -0.0246. The van der Waals surface area contributed by atoms with Gasteiger partial charge in [-0.2, -0.15) is 0 Å². The third-order valence-electron chi connectivity index (χ3n) is 4.08. The molecule has 4 nitrogen and oxygen atoms in total. The molecule has 1 aromatic carbocycles. The lowest BCUT2D eigenvalue weighted by Gasteiger charge is -2.30. The number of hydrogen-bond donors (Lipinski definition) is 2. The molecule has 1 heterocycles. The Morgan fingerprint density at radius 3 is 2.80 bits per heavy atom. The molecule has 2 unspecified atom stereocenters. The summed E-state index contributed by atoms with van der Waals surface area (Å²) in [5, 5.41) is 3.08. The van der Waals surface area contributed by atoms with Crippen LogP contribution in [0.2, 0.25) is 0 Å². The van der Waals surface area contributed by atoms with Gasteiger partial charge in [-0.15, -0.1) is 0 Å². The van der Waals surface area contributed by atoms with Crippen molar-refractivity contribution in [2.24, 2.45) is 5.73 Å². The van der Waals surface area contributed by atoms with Crippen molar-refractivity contribution in [3.8, 4) is 5.75 Å². The number of ether oxygens (including phenoxy) is 1. The number of fused-ring (bicyclic) bond motifs is 1. The number of rotatable bonds is 3. The van der Waals surface area contributed by atoms with Crippen molar-refractivity contribution >= 4 is 5.91 Å². The first-order chi connectivity index (χ1) is 9.45. The van der Waals surface area contributed by atoms with Gasteiger partial charge in [0.1, 0.15) is 5.75 Å². The zero-order chi connectivity index (χ0) is 14.9. The second-order valence-corrected chi connectivity index (χ2v) is 5.53. The van der Waals surface area contributed by atoms with Crippen molar-refractivity contribution in [2.75, 3.05) is 6.61 Å². The number of nitrogens with one attached hydrogen (secondary N) is 1. The number of benzene rings is 1. The van der Waals surface area contributed by atoms with Crippen LogP contribution < -0.4 is 15.8 Å². The molecule has 2 rings (SSSR count). The standard InChI is InChI=1S/C16H24N2O2/c1-5-15(19)18-14-6-7-20-16-10(3)9(2)12(11(4)17)8-13(14)16/h8,11,14H,5-7,17H2,1-4H3,(H,18,19). The van der Waals surface area contributed by atoms with E-state index in [4.69, 9.17) is 10.5 Å². The van der Waals surface area contributed by atoms with Gasteiger partial charge in [0.05, 0.1) is 12.6 Å². The summed E-state index contributed by atoms with van der Waals surface area (Å²) >= 11 is 0. The van der Waals surface area contributed by atoms with Gasteiger partial charge in [0.25, 0.3) is 0 Å². The summed E-state index contributed by atoms with van der Waals surface area (Å²) in [5.41, 5.74) is 10.6. The van der Waals surface area contributed by atoms with Crippen LogP contribution in [0.3, 0.4) is 0 Å². The highest BCUT2D eigenvalue weighted by molar-refractivity contribution is 5.76. The lowest BCUT2D eigenvalue weighted by Crippen LogP contribution is -2.32. The van der Waals surface area contributed by atoms with E-state index in [0.29, 0.717) is 13.0 Å². The Morgan fingerprint density at radius 2 is 2.20 bits per heavy atom. The maximum Gasteiger partial charge on any atom is 0.220 e. The summed E-state index contributed by atoms with van der Waals surface area (Å²) in [6, 6.07) is 2.11. The summed E-state index contributed by atoms with van der Waals surface area (Å²) in [6.07, 6.45) is 1.30. The number of carbonyl (C=O) groups excluding carboxylic acids is 1. The normalized spacial score (nSPS) is 18.9. The molecule has 1 aromatic rings. The van der Waals surface area contributed by atoms with Gasteiger partial charge in [0, 0.05) is 24.4 Å². The van der Waals surface area contributed by atoms with Gasteiger partial charge >= 0.3 is 0 Å². The number of hydrogen-bond acceptors (Lipinski definition) is 3. The smallest absolute Gasteiger partial charge is 0.220 e. The SMILES string of the molecule is CCC(=O)NC1CCOc2c1cc(C(C)N)c(C)c2C. The van der Waals surface area contributed by atoms with Crippen LogP contribution in [-0.4, -0.2) is 12.5 Å². The summed E-state index contributed by atoms with van der Waals surface area (Å²) in [4.78, 5) is 11.7. The zero-order valence-electron chi connectivity index (χ0n) is 12.7. The summed E-state index contributed by atoms with van der Waals surface area (Å²) in [7, 11) is 0. The lowest BCUT2D eigenvalue weighted by atomic mass is 9.89. The minimum Gasteiger partial charge on any atom is -0.493 e. The van der Waals surface area contributed by atoms with Gasteiger partial charge in [0.15, 0.2) is 0 Å². The largest absolute Gasteiger partial charge is 0.493 e. The molecule has 1 amide bonds. The molecule has 4 heteroatoms. The van der Waals surface area contributed by atoms with Crippen molar-refractivity contribution in [2.45, 2.75) is 52.6 Å². The Labute approximate surface area is 120 Å². The van der Waals surface area contributed by atoms with Crippen molar-refractivity contribution < 1.29 is 9.53 Å². The fourth-order valence-corrected chi connectivity index (χ4v) is 2.75. The van der Waals surface area contributed by atoms with Crippen LogP contribution in [0.15, 0.2) is 6.07 Å². The first-order valence-electron chi connectivity index (χ1n) is 7.27. The Bertz CT molecular complexity index is 524. The summed E-state index contributed by atoms with van der Waals surface area (Å²) < 4.78 is 5.82. The van der Waals surface area contributed by atoms with E-state index in [9.17, 15) is 4.79 Å². The average Bonchev–Trinajstić information content (AvgIpc) is 2.42. The topological polar surface area (TPSA) is 64.3 Å². The highest BCUT2D eigenvalue weighted by Gasteiger charge is 2.26. The number of carbonyl (C=O) groups is 1. The highest BCUT2D eigenvalue weighted by Crippen LogP contribution is 2.39. The Balaban J connectivity index is 2.47. The minimum absolute atomic E-state index is 0.0246. The van der Waals surface area contributed by atoms with Gasteiger partial charge in [0.2, 0.25) is 5.91 Å². The molecule has 3 N–H and O–H groups in total. The van der Waals surface area contributed by atoms with E-state index in [1.807, 2.05) is 13.8 Å². The molecule has 0 spiro atoms. The highest BCUT2D eigenvalue weighted by atomic mass is 16.5. The summed E-state index contributed by atoms with van der Waals surface area (Å²) in [5.74, 6) is 0.989. The van der Waals surface area contributed by atoms with Crippen LogP contribution >= 0.6 is 0 Å². The fourth-order valence-electron chi connectivity index (χ4n) is 2.75. The van der Waals surface area contributed by atoms with E-state index in [0.717, 1.165) is 28.9 Å². The van der Waals surface area contributed by atoms with Gasteiger partial charge in [-0.1, -0.05) is 6.92 Å². The van der Waals surface area contributed by atoms with Crippen LogP contribution in [0.1, 0.15) is 61.0 Å². The van der Waals surface area contributed by atoms with E-state index < -0.39 is 0 Å². The average molecular weight is 276 g/mol.